The van der Waals surface area contributed by atoms with Gasteiger partial charge in [0.05, 0.1) is 12.8 Å². The first kappa shape index (κ1) is 12.0. The zero-order valence-electron chi connectivity index (χ0n) is 9.51. The summed E-state index contributed by atoms with van der Waals surface area (Å²) in [4.78, 5) is 22.8. The molecule has 86 valence electrons. The molecule has 0 aromatic heterocycles. The van der Waals surface area contributed by atoms with Crippen molar-refractivity contribution in [2.45, 2.75) is 6.92 Å². The van der Waals surface area contributed by atoms with E-state index in [0.29, 0.717) is 5.69 Å². The van der Waals surface area contributed by atoms with Crippen LogP contribution in [0.4, 0.5) is 10.5 Å². The molecule has 5 nitrogen and oxygen atoms in total. The summed E-state index contributed by atoms with van der Waals surface area (Å²) in [6, 6.07) is 8.82. The van der Waals surface area contributed by atoms with Gasteiger partial charge in [0.1, 0.15) is 0 Å². The SMILES string of the molecule is COC(=O)N(c1ccccc1)N(C)C(C)=O. The van der Waals surface area contributed by atoms with Gasteiger partial charge < -0.3 is 4.74 Å². The third-order valence-corrected chi connectivity index (χ3v) is 2.10. The van der Waals surface area contributed by atoms with Gasteiger partial charge >= 0.3 is 6.09 Å². The highest BCUT2D eigenvalue weighted by Gasteiger charge is 2.22. The number of carbonyl (C=O) groups is 2. The molecule has 0 unspecified atom stereocenters. The minimum absolute atomic E-state index is 0.255. The van der Waals surface area contributed by atoms with Crippen LogP contribution < -0.4 is 5.01 Å². The molecule has 1 aromatic carbocycles. The smallest absolute Gasteiger partial charge is 0.433 e. The molecule has 16 heavy (non-hydrogen) atoms. The van der Waals surface area contributed by atoms with Crippen molar-refractivity contribution in [1.82, 2.24) is 5.01 Å². The van der Waals surface area contributed by atoms with Crippen LogP contribution in [0.25, 0.3) is 0 Å². The average molecular weight is 222 g/mol. The highest BCUT2D eigenvalue weighted by Crippen LogP contribution is 2.16. The topological polar surface area (TPSA) is 49.9 Å². The van der Waals surface area contributed by atoms with Gasteiger partial charge in [-0.2, -0.15) is 5.01 Å². The molecule has 1 rings (SSSR count). The maximum absolute atomic E-state index is 11.6. The molecular weight excluding hydrogens is 208 g/mol. The summed E-state index contributed by atoms with van der Waals surface area (Å²) in [6.45, 7) is 1.37. The zero-order valence-corrected chi connectivity index (χ0v) is 9.51. The predicted molar refractivity (Wildman–Crippen MR) is 59.8 cm³/mol. The predicted octanol–water partition coefficient (Wildman–Crippen LogP) is 1.65. The minimum atomic E-state index is -0.608. The number of methoxy groups -OCH3 is 1. The molecule has 0 bridgehead atoms. The van der Waals surface area contributed by atoms with Crippen LogP contribution in [0.5, 0.6) is 0 Å². The highest BCUT2D eigenvalue weighted by atomic mass is 16.5. The lowest BCUT2D eigenvalue weighted by molar-refractivity contribution is -0.127. The molecule has 0 saturated heterocycles. The molecule has 0 atom stereocenters. The summed E-state index contributed by atoms with van der Waals surface area (Å²) in [7, 11) is 2.78. The number of hydrogen-bond donors (Lipinski definition) is 0. The molecule has 0 N–H and O–H groups in total. The van der Waals surface area contributed by atoms with Gasteiger partial charge in [0.25, 0.3) is 0 Å². The van der Waals surface area contributed by atoms with Crippen LogP contribution in [0, 0.1) is 0 Å². The van der Waals surface area contributed by atoms with Crippen LogP contribution in [0.3, 0.4) is 0 Å². The van der Waals surface area contributed by atoms with Crippen molar-refractivity contribution >= 4 is 17.7 Å². The Balaban J connectivity index is 3.06. The second-order valence-corrected chi connectivity index (χ2v) is 3.16. The van der Waals surface area contributed by atoms with Crippen LogP contribution in [0.2, 0.25) is 0 Å². The number of nitrogens with zero attached hydrogens (tertiary/aromatic N) is 2. The molecule has 0 aliphatic carbocycles. The standard InChI is InChI=1S/C11H14N2O3/c1-9(14)12(2)13(11(15)16-3)10-7-5-4-6-8-10/h4-8H,1-3H3. The highest BCUT2D eigenvalue weighted by molar-refractivity contribution is 5.91. The average Bonchev–Trinajstić information content (AvgIpc) is 2.30. The minimum Gasteiger partial charge on any atom is -0.451 e. The molecule has 1 aromatic rings. The van der Waals surface area contributed by atoms with E-state index < -0.39 is 6.09 Å². The van der Waals surface area contributed by atoms with E-state index in [0.717, 1.165) is 0 Å². The molecule has 2 amide bonds. The summed E-state index contributed by atoms with van der Waals surface area (Å²) in [5.41, 5.74) is 0.576. The Labute approximate surface area is 94.2 Å². The first-order valence-electron chi connectivity index (χ1n) is 4.75. The lowest BCUT2D eigenvalue weighted by Crippen LogP contribution is -2.46. The quantitative estimate of drug-likeness (QED) is 0.679. The zero-order chi connectivity index (χ0) is 12.1. The fourth-order valence-corrected chi connectivity index (χ4v) is 1.20. The van der Waals surface area contributed by atoms with Crippen molar-refractivity contribution in [3.8, 4) is 0 Å². The Hall–Kier alpha value is -2.04. The van der Waals surface area contributed by atoms with E-state index in [1.165, 1.54) is 31.1 Å². The number of benzene rings is 1. The Morgan fingerprint density at radius 2 is 1.75 bits per heavy atom. The van der Waals surface area contributed by atoms with E-state index in [2.05, 4.69) is 4.74 Å². The number of anilines is 1. The van der Waals surface area contributed by atoms with Crippen LogP contribution in [0.15, 0.2) is 30.3 Å². The Kier molecular flexibility index (Phi) is 3.88. The van der Waals surface area contributed by atoms with Crippen LogP contribution in [0.1, 0.15) is 6.92 Å². The van der Waals surface area contributed by atoms with Crippen molar-refractivity contribution in [2.24, 2.45) is 0 Å². The molecule has 0 aliphatic heterocycles. The first-order chi connectivity index (χ1) is 7.57. The molecule has 0 aliphatic rings. The van der Waals surface area contributed by atoms with Crippen LogP contribution in [-0.2, 0) is 9.53 Å². The Morgan fingerprint density at radius 3 is 2.19 bits per heavy atom. The van der Waals surface area contributed by atoms with E-state index in [4.69, 9.17) is 0 Å². The van der Waals surface area contributed by atoms with Gasteiger partial charge in [0, 0.05) is 14.0 Å². The molecular formula is C11H14N2O3. The van der Waals surface area contributed by atoms with Crippen molar-refractivity contribution in [2.75, 3.05) is 19.2 Å². The largest absolute Gasteiger partial charge is 0.451 e. The fraction of sp³-hybridized carbons (Fsp3) is 0.273. The summed E-state index contributed by atoms with van der Waals surface area (Å²) in [5, 5.41) is 2.36. The first-order valence-corrected chi connectivity index (χ1v) is 4.75. The van der Waals surface area contributed by atoms with Crippen LogP contribution >= 0.6 is 0 Å². The van der Waals surface area contributed by atoms with Crippen LogP contribution in [-0.4, -0.2) is 31.2 Å². The summed E-state index contributed by atoms with van der Waals surface area (Å²) >= 11 is 0. The third kappa shape index (κ3) is 2.50. The fourth-order valence-electron chi connectivity index (χ4n) is 1.20. The number of hydrogen-bond acceptors (Lipinski definition) is 3. The number of carbonyl (C=O) groups excluding carboxylic acids is 2. The van der Waals surface area contributed by atoms with Crippen molar-refractivity contribution in [3.05, 3.63) is 30.3 Å². The number of amides is 2. The van der Waals surface area contributed by atoms with Gasteiger partial charge in [-0.05, 0) is 12.1 Å². The number of hydrazine groups is 1. The summed E-state index contributed by atoms with van der Waals surface area (Å²) in [6.07, 6.45) is -0.608. The second kappa shape index (κ2) is 5.16. The summed E-state index contributed by atoms with van der Waals surface area (Å²) < 4.78 is 4.63. The molecule has 0 radical (unpaired) electrons. The van der Waals surface area contributed by atoms with Gasteiger partial charge in [0.15, 0.2) is 0 Å². The van der Waals surface area contributed by atoms with E-state index in [9.17, 15) is 9.59 Å². The molecule has 0 spiro atoms. The van der Waals surface area contributed by atoms with E-state index in [-0.39, 0.29) is 5.91 Å². The molecule has 0 saturated carbocycles. The number of ether oxygens (including phenoxy) is 1. The van der Waals surface area contributed by atoms with E-state index >= 15 is 0 Å². The van der Waals surface area contributed by atoms with Crippen molar-refractivity contribution < 1.29 is 14.3 Å². The van der Waals surface area contributed by atoms with E-state index in [1.807, 2.05) is 6.07 Å². The second-order valence-electron chi connectivity index (χ2n) is 3.16. The van der Waals surface area contributed by atoms with Crippen molar-refractivity contribution in [3.63, 3.8) is 0 Å². The monoisotopic (exact) mass is 222 g/mol. The molecule has 0 heterocycles. The lowest BCUT2D eigenvalue weighted by atomic mass is 10.3. The summed E-state index contributed by atoms with van der Waals surface area (Å²) in [5.74, 6) is -0.255. The lowest BCUT2D eigenvalue weighted by Gasteiger charge is -2.29. The maximum Gasteiger partial charge on any atom is 0.433 e. The van der Waals surface area contributed by atoms with Gasteiger partial charge in [-0.1, -0.05) is 18.2 Å². The normalized spacial score (nSPS) is 9.44. The number of rotatable bonds is 1. The van der Waals surface area contributed by atoms with Crippen molar-refractivity contribution in [1.29, 1.82) is 0 Å². The third-order valence-electron chi connectivity index (χ3n) is 2.10. The van der Waals surface area contributed by atoms with Gasteiger partial charge in [-0.15, -0.1) is 0 Å². The number of para-hydroxylation sites is 1. The molecule has 5 heteroatoms. The Bertz CT molecular complexity index is 378. The molecule has 0 fully saturated rings. The Morgan fingerprint density at radius 1 is 1.19 bits per heavy atom. The maximum atomic E-state index is 11.6. The van der Waals surface area contributed by atoms with Gasteiger partial charge in [-0.3, -0.25) is 4.79 Å². The van der Waals surface area contributed by atoms with E-state index in [1.54, 1.807) is 24.3 Å². The van der Waals surface area contributed by atoms with Gasteiger partial charge in [-0.25, -0.2) is 9.80 Å². The van der Waals surface area contributed by atoms with Gasteiger partial charge in [0.2, 0.25) is 5.91 Å².